The number of carbonyl (C=O) groups is 1. The van der Waals surface area contributed by atoms with E-state index in [1.165, 1.54) is 31.2 Å². The van der Waals surface area contributed by atoms with Gasteiger partial charge in [-0.15, -0.1) is 0 Å². The maximum absolute atomic E-state index is 13.1. The van der Waals surface area contributed by atoms with E-state index in [4.69, 9.17) is 5.11 Å². The number of aliphatic hydroxyl groups excluding tert-OH is 1. The summed E-state index contributed by atoms with van der Waals surface area (Å²) in [7, 11) is 0. The second-order valence-electron chi connectivity index (χ2n) is 8.84. The zero-order valence-corrected chi connectivity index (χ0v) is 17.6. The summed E-state index contributed by atoms with van der Waals surface area (Å²) in [6, 6.07) is 8.42. The highest BCUT2D eigenvalue weighted by Gasteiger charge is 2.29. The van der Waals surface area contributed by atoms with Crippen LogP contribution >= 0.6 is 0 Å². The average Bonchev–Trinajstić information content (AvgIpc) is 3.22. The van der Waals surface area contributed by atoms with Crippen molar-refractivity contribution < 1.29 is 9.90 Å². The molecule has 2 N–H and O–H groups in total. The van der Waals surface area contributed by atoms with Crippen LogP contribution < -0.4 is 5.32 Å². The van der Waals surface area contributed by atoms with Gasteiger partial charge in [0, 0.05) is 38.4 Å². The maximum atomic E-state index is 13.1. The highest BCUT2D eigenvalue weighted by atomic mass is 16.3. The number of benzene rings is 1. The van der Waals surface area contributed by atoms with Crippen molar-refractivity contribution >= 4 is 11.6 Å². The van der Waals surface area contributed by atoms with Crippen molar-refractivity contribution in [2.45, 2.75) is 57.9 Å². The zero-order chi connectivity index (χ0) is 19.9. The minimum absolute atomic E-state index is 0.0919. The number of piperazine rings is 1. The minimum atomic E-state index is -0.0919. The number of aliphatic hydroxyl groups is 1. The van der Waals surface area contributed by atoms with E-state index in [9.17, 15) is 4.79 Å². The molecule has 156 valence electrons. The van der Waals surface area contributed by atoms with E-state index in [0.29, 0.717) is 11.8 Å². The van der Waals surface area contributed by atoms with E-state index in [1.54, 1.807) is 0 Å². The first-order valence-electron chi connectivity index (χ1n) is 11.0. The molecule has 1 aliphatic heterocycles. The quantitative estimate of drug-likeness (QED) is 0.719. The van der Waals surface area contributed by atoms with E-state index in [1.807, 2.05) is 0 Å². The molecule has 2 aliphatic rings. The first kappa shape index (κ1) is 21.3. The predicted molar refractivity (Wildman–Crippen MR) is 115 cm³/mol. The van der Waals surface area contributed by atoms with Gasteiger partial charge in [0.2, 0.25) is 5.91 Å². The monoisotopic (exact) mass is 387 g/mol. The Morgan fingerprint density at radius 2 is 1.75 bits per heavy atom. The number of anilines is 1. The number of nitrogens with zero attached hydrogens (tertiary/aromatic N) is 2. The standard InChI is InChI=1S/C23H37N3O2/c1-18(2)17-22(26-13-11-25(12-14-26)15-16-27)23(28)24-21-9-7-20(8-10-21)19-5-3-4-6-19/h7-10,18-19,22,27H,3-6,11-17H2,1-2H3,(H,24,28)/t22-/m0/s1. The van der Waals surface area contributed by atoms with Gasteiger partial charge in [-0.3, -0.25) is 14.6 Å². The van der Waals surface area contributed by atoms with E-state index >= 15 is 0 Å². The SMILES string of the molecule is CC(C)C[C@@H](C(=O)Nc1ccc(C2CCCC2)cc1)N1CCN(CCO)CC1. The van der Waals surface area contributed by atoms with Crippen molar-refractivity contribution in [3.8, 4) is 0 Å². The van der Waals surface area contributed by atoms with Crippen molar-refractivity contribution in [1.82, 2.24) is 9.80 Å². The molecule has 0 bridgehead atoms. The molecule has 2 fully saturated rings. The first-order valence-corrected chi connectivity index (χ1v) is 11.0. The number of β-amino-alcohol motifs (C(OH)–C–C–N with tert-alkyl or cyclic N) is 1. The summed E-state index contributed by atoms with van der Waals surface area (Å²) in [4.78, 5) is 17.7. The Labute approximate surface area is 170 Å². The summed E-state index contributed by atoms with van der Waals surface area (Å²) in [6.45, 7) is 8.88. The number of nitrogens with one attached hydrogen (secondary N) is 1. The van der Waals surface area contributed by atoms with Crippen molar-refractivity contribution in [3.05, 3.63) is 29.8 Å². The van der Waals surface area contributed by atoms with Gasteiger partial charge in [-0.2, -0.15) is 0 Å². The molecular weight excluding hydrogens is 350 g/mol. The molecule has 1 aliphatic carbocycles. The molecule has 1 atom stereocenters. The Morgan fingerprint density at radius 1 is 1.11 bits per heavy atom. The van der Waals surface area contributed by atoms with Crippen LogP contribution in [-0.4, -0.2) is 66.2 Å². The topological polar surface area (TPSA) is 55.8 Å². The first-order chi connectivity index (χ1) is 13.6. The van der Waals surface area contributed by atoms with Crippen LogP contribution in [0.3, 0.4) is 0 Å². The maximum Gasteiger partial charge on any atom is 0.241 e. The fourth-order valence-corrected chi connectivity index (χ4v) is 4.63. The molecule has 0 spiro atoms. The Balaban J connectivity index is 1.59. The summed E-state index contributed by atoms with van der Waals surface area (Å²) in [6.07, 6.45) is 6.14. The van der Waals surface area contributed by atoms with Gasteiger partial charge in [0.05, 0.1) is 12.6 Å². The Bertz CT molecular complexity index is 603. The van der Waals surface area contributed by atoms with Crippen LogP contribution in [0.5, 0.6) is 0 Å². The normalized spacial score (nSPS) is 20.6. The molecule has 1 heterocycles. The second-order valence-corrected chi connectivity index (χ2v) is 8.84. The van der Waals surface area contributed by atoms with Gasteiger partial charge in [0.1, 0.15) is 0 Å². The minimum Gasteiger partial charge on any atom is -0.395 e. The van der Waals surface area contributed by atoms with Crippen molar-refractivity contribution in [2.75, 3.05) is 44.6 Å². The van der Waals surface area contributed by atoms with E-state index in [2.05, 4.69) is 53.2 Å². The number of carbonyl (C=O) groups excluding carboxylic acids is 1. The highest BCUT2D eigenvalue weighted by molar-refractivity contribution is 5.94. The van der Waals surface area contributed by atoms with Crippen LogP contribution in [-0.2, 0) is 4.79 Å². The van der Waals surface area contributed by atoms with Gasteiger partial charge in [-0.25, -0.2) is 0 Å². The highest BCUT2D eigenvalue weighted by Crippen LogP contribution is 2.34. The van der Waals surface area contributed by atoms with Gasteiger partial charge in [-0.1, -0.05) is 38.8 Å². The van der Waals surface area contributed by atoms with Crippen LogP contribution in [0.1, 0.15) is 57.4 Å². The average molecular weight is 388 g/mol. The molecule has 1 amide bonds. The molecular formula is C23H37N3O2. The molecule has 0 radical (unpaired) electrons. The zero-order valence-electron chi connectivity index (χ0n) is 17.6. The van der Waals surface area contributed by atoms with Gasteiger partial charge < -0.3 is 10.4 Å². The molecule has 3 rings (SSSR count). The van der Waals surface area contributed by atoms with E-state index < -0.39 is 0 Å². The third-order valence-electron chi connectivity index (χ3n) is 6.27. The second kappa shape index (κ2) is 10.4. The Hall–Kier alpha value is -1.43. The summed E-state index contributed by atoms with van der Waals surface area (Å²) in [5.74, 6) is 1.28. The lowest BCUT2D eigenvalue weighted by Crippen LogP contribution is -2.54. The van der Waals surface area contributed by atoms with Gasteiger partial charge in [-0.05, 0) is 48.8 Å². The Kier molecular flexibility index (Phi) is 7.89. The molecule has 1 saturated heterocycles. The molecule has 0 unspecified atom stereocenters. The third-order valence-corrected chi connectivity index (χ3v) is 6.27. The Morgan fingerprint density at radius 3 is 2.32 bits per heavy atom. The summed E-state index contributed by atoms with van der Waals surface area (Å²) in [5.41, 5.74) is 2.31. The number of hydrogen-bond donors (Lipinski definition) is 2. The molecule has 5 nitrogen and oxygen atoms in total. The summed E-state index contributed by atoms with van der Waals surface area (Å²) >= 11 is 0. The van der Waals surface area contributed by atoms with E-state index in [-0.39, 0.29) is 18.6 Å². The summed E-state index contributed by atoms with van der Waals surface area (Å²) in [5, 5.41) is 12.3. The summed E-state index contributed by atoms with van der Waals surface area (Å²) < 4.78 is 0. The lowest BCUT2D eigenvalue weighted by Gasteiger charge is -2.39. The van der Waals surface area contributed by atoms with Crippen molar-refractivity contribution in [3.63, 3.8) is 0 Å². The lowest BCUT2D eigenvalue weighted by atomic mass is 9.97. The van der Waals surface area contributed by atoms with Crippen LogP contribution in [0.4, 0.5) is 5.69 Å². The van der Waals surface area contributed by atoms with Crippen molar-refractivity contribution in [1.29, 1.82) is 0 Å². The van der Waals surface area contributed by atoms with Crippen molar-refractivity contribution in [2.24, 2.45) is 5.92 Å². The number of amides is 1. The molecule has 1 aromatic carbocycles. The van der Waals surface area contributed by atoms with Gasteiger partial charge >= 0.3 is 0 Å². The fourth-order valence-electron chi connectivity index (χ4n) is 4.63. The lowest BCUT2D eigenvalue weighted by molar-refractivity contribution is -0.122. The molecule has 1 aromatic rings. The van der Waals surface area contributed by atoms with Gasteiger partial charge in [0.15, 0.2) is 0 Å². The number of rotatable bonds is 8. The largest absolute Gasteiger partial charge is 0.395 e. The van der Waals surface area contributed by atoms with Crippen LogP contribution in [0.15, 0.2) is 24.3 Å². The smallest absolute Gasteiger partial charge is 0.241 e. The third kappa shape index (κ3) is 5.79. The predicted octanol–water partition coefficient (Wildman–Crippen LogP) is 3.31. The molecule has 1 saturated carbocycles. The van der Waals surface area contributed by atoms with Gasteiger partial charge in [0.25, 0.3) is 0 Å². The van der Waals surface area contributed by atoms with Crippen LogP contribution in [0, 0.1) is 5.92 Å². The van der Waals surface area contributed by atoms with Crippen LogP contribution in [0.2, 0.25) is 0 Å². The van der Waals surface area contributed by atoms with Crippen LogP contribution in [0.25, 0.3) is 0 Å². The molecule has 5 heteroatoms. The fraction of sp³-hybridized carbons (Fsp3) is 0.696. The molecule has 28 heavy (non-hydrogen) atoms. The molecule has 0 aromatic heterocycles. The van der Waals surface area contributed by atoms with E-state index in [0.717, 1.165) is 44.8 Å². The number of hydrogen-bond acceptors (Lipinski definition) is 4.